The highest BCUT2D eigenvalue weighted by molar-refractivity contribution is 5.38. The normalized spacial score (nSPS) is 10.5. The Morgan fingerprint density at radius 2 is 2.31 bits per heavy atom. The SMILES string of the molecule is CC(C)Oc1nn(C)cc1[N+](=O)[O-]. The zero-order valence-electron chi connectivity index (χ0n) is 7.72. The number of aromatic nitrogens is 2. The van der Waals surface area contributed by atoms with Crippen molar-refractivity contribution < 1.29 is 9.66 Å². The number of ether oxygens (including phenoxy) is 1. The second-order valence-electron chi connectivity index (χ2n) is 2.92. The number of nitro groups is 1. The molecule has 0 fully saturated rings. The van der Waals surface area contributed by atoms with E-state index in [9.17, 15) is 10.1 Å². The maximum Gasteiger partial charge on any atom is 0.350 e. The van der Waals surface area contributed by atoms with Crippen LogP contribution in [0.15, 0.2) is 6.20 Å². The molecule has 0 unspecified atom stereocenters. The van der Waals surface area contributed by atoms with Gasteiger partial charge in [-0.1, -0.05) is 0 Å². The van der Waals surface area contributed by atoms with Gasteiger partial charge in [-0.15, -0.1) is 5.10 Å². The highest BCUT2D eigenvalue weighted by Crippen LogP contribution is 2.24. The average molecular weight is 185 g/mol. The third-order valence-electron chi connectivity index (χ3n) is 1.32. The van der Waals surface area contributed by atoms with Gasteiger partial charge >= 0.3 is 11.6 Å². The molecule has 0 atom stereocenters. The quantitative estimate of drug-likeness (QED) is 0.522. The summed E-state index contributed by atoms with van der Waals surface area (Å²) < 4.78 is 6.51. The lowest BCUT2D eigenvalue weighted by molar-refractivity contribution is -0.386. The number of rotatable bonds is 3. The van der Waals surface area contributed by atoms with Gasteiger partial charge in [0.2, 0.25) is 0 Å². The molecule has 1 aromatic rings. The fraction of sp³-hybridized carbons (Fsp3) is 0.571. The van der Waals surface area contributed by atoms with Crippen LogP contribution < -0.4 is 4.74 Å². The summed E-state index contributed by atoms with van der Waals surface area (Å²) >= 11 is 0. The van der Waals surface area contributed by atoms with Crippen molar-refractivity contribution in [3.05, 3.63) is 16.3 Å². The molecule has 0 radical (unpaired) electrons. The van der Waals surface area contributed by atoms with E-state index in [2.05, 4.69) is 5.10 Å². The Kier molecular flexibility index (Phi) is 2.50. The van der Waals surface area contributed by atoms with Gasteiger partial charge in [-0.25, -0.2) is 0 Å². The molecular formula is C7H11N3O3. The van der Waals surface area contributed by atoms with Gasteiger partial charge in [-0.05, 0) is 13.8 Å². The van der Waals surface area contributed by atoms with Crippen LogP contribution in [0.25, 0.3) is 0 Å². The number of nitrogens with zero attached hydrogens (tertiary/aromatic N) is 3. The third kappa shape index (κ3) is 2.17. The minimum atomic E-state index is -0.509. The largest absolute Gasteiger partial charge is 0.469 e. The van der Waals surface area contributed by atoms with Gasteiger partial charge in [0, 0.05) is 7.05 Å². The fourth-order valence-corrected chi connectivity index (χ4v) is 0.888. The molecule has 6 nitrogen and oxygen atoms in total. The van der Waals surface area contributed by atoms with Gasteiger partial charge in [0.1, 0.15) is 6.20 Å². The van der Waals surface area contributed by atoms with Crippen molar-refractivity contribution in [1.82, 2.24) is 9.78 Å². The van der Waals surface area contributed by atoms with E-state index >= 15 is 0 Å². The zero-order chi connectivity index (χ0) is 10.0. The lowest BCUT2D eigenvalue weighted by Crippen LogP contribution is -2.07. The number of hydrogen-bond acceptors (Lipinski definition) is 4. The van der Waals surface area contributed by atoms with E-state index in [-0.39, 0.29) is 17.7 Å². The molecule has 1 rings (SSSR count). The van der Waals surface area contributed by atoms with Crippen molar-refractivity contribution >= 4 is 5.69 Å². The summed E-state index contributed by atoms with van der Waals surface area (Å²) in [5, 5.41) is 14.3. The van der Waals surface area contributed by atoms with E-state index in [0.29, 0.717) is 0 Å². The Hall–Kier alpha value is -1.59. The van der Waals surface area contributed by atoms with Gasteiger partial charge in [-0.2, -0.15) is 0 Å². The van der Waals surface area contributed by atoms with Crippen molar-refractivity contribution in [2.75, 3.05) is 0 Å². The fourth-order valence-electron chi connectivity index (χ4n) is 0.888. The van der Waals surface area contributed by atoms with Crippen LogP contribution in [-0.2, 0) is 7.05 Å². The molecule has 72 valence electrons. The Bertz CT molecular complexity index is 319. The molecule has 0 spiro atoms. The monoisotopic (exact) mass is 185 g/mol. The van der Waals surface area contributed by atoms with Gasteiger partial charge in [0.15, 0.2) is 0 Å². The van der Waals surface area contributed by atoms with Gasteiger partial charge in [0.25, 0.3) is 0 Å². The van der Waals surface area contributed by atoms with Gasteiger partial charge in [0.05, 0.1) is 11.0 Å². The third-order valence-corrected chi connectivity index (χ3v) is 1.32. The second kappa shape index (κ2) is 3.42. The number of hydrogen-bond donors (Lipinski definition) is 0. The first-order valence-electron chi connectivity index (χ1n) is 3.85. The number of aryl methyl sites for hydroxylation is 1. The smallest absolute Gasteiger partial charge is 0.350 e. The van der Waals surface area contributed by atoms with Crippen molar-refractivity contribution in [3.8, 4) is 5.88 Å². The van der Waals surface area contributed by atoms with Crippen molar-refractivity contribution in [3.63, 3.8) is 0 Å². The van der Waals surface area contributed by atoms with Gasteiger partial charge < -0.3 is 4.74 Å². The Morgan fingerprint density at radius 3 is 2.77 bits per heavy atom. The predicted molar refractivity (Wildman–Crippen MR) is 45.6 cm³/mol. The summed E-state index contributed by atoms with van der Waals surface area (Å²) in [4.78, 5) is 9.98. The summed E-state index contributed by atoms with van der Waals surface area (Å²) in [5.41, 5.74) is -0.101. The standard InChI is InChI=1S/C7H11N3O3/c1-5(2)13-7-6(10(11)12)4-9(3)8-7/h4-5H,1-3H3. The van der Waals surface area contributed by atoms with Crippen LogP contribution in [0.5, 0.6) is 5.88 Å². The Balaban J connectivity index is 2.97. The maximum absolute atomic E-state index is 10.5. The molecular weight excluding hydrogens is 174 g/mol. The first kappa shape index (κ1) is 9.50. The summed E-state index contributed by atoms with van der Waals surface area (Å²) in [6, 6.07) is 0. The molecule has 0 aliphatic heterocycles. The van der Waals surface area contributed by atoms with Crippen LogP contribution in [0.4, 0.5) is 5.69 Å². The molecule has 13 heavy (non-hydrogen) atoms. The molecule has 0 saturated heterocycles. The molecule has 0 aliphatic carbocycles. The first-order chi connectivity index (χ1) is 6.00. The van der Waals surface area contributed by atoms with E-state index in [0.717, 1.165) is 0 Å². The lowest BCUT2D eigenvalue weighted by Gasteiger charge is -2.04. The van der Waals surface area contributed by atoms with E-state index < -0.39 is 4.92 Å². The molecule has 0 saturated carbocycles. The van der Waals surface area contributed by atoms with E-state index in [1.54, 1.807) is 20.9 Å². The zero-order valence-corrected chi connectivity index (χ0v) is 7.72. The summed E-state index contributed by atoms with van der Waals surface area (Å²) in [6.45, 7) is 3.58. The molecule has 1 heterocycles. The van der Waals surface area contributed by atoms with Gasteiger partial charge in [-0.3, -0.25) is 14.8 Å². The summed E-state index contributed by atoms with van der Waals surface area (Å²) in [5.74, 6) is 0.0718. The topological polar surface area (TPSA) is 70.2 Å². The average Bonchev–Trinajstić information content (AvgIpc) is 2.29. The first-order valence-corrected chi connectivity index (χ1v) is 3.85. The molecule has 0 N–H and O–H groups in total. The highest BCUT2D eigenvalue weighted by Gasteiger charge is 2.20. The predicted octanol–water partition coefficient (Wildman–Crippen LogP) is 1.12. The van der Waals surface area contributed by atoms with E-state index in [1.165, 1.54) is 10.9 Å². The van der Waals surface area contributed by atoms with Crippen LogP contribution in [0, 0.1) is 10.1 Å². The minimum Gasteiger partial charge on any atom is -0.469 e. The Labute approximate surface area is 75.3 Å². The van der Waals surface area contributed by atoms with Crippen LogP contribution in [-0.4, -0.2) is 20.8 Å². The molecule has 0 aromatic carbocycles. The van der Waals surface area contributed by atoms with Crippen LogP contribution in [0.3, 0.4) is 0 Å². The molecule has 1 aromatic heterocycles. The minimum absolute atomic E-state index is 0.0718. The van der Waals surface area contributed by atoms with Crippen LogP contribution in [0.1, 0.15) is 13.8 Å². The van der Waals surface area contributed by atoms with Crippen molar-refractivity contribution in [1.29, 1.82) is 0 Å². The van der Waals surface area contributed by atoms with Crippen LogP contribution >= 0.6 is 0 Å². The van der Waals surface area contributed by atoms with Crippen molar-refractivity contribution in [2.45, 2.75) is 20.0 Å². The second-order valence-corrected chi connectivity index (χ2v) is 2.92. The van der Waals surface area contributed by atoms with Crippen molar-refractivity contribution in [2.24, 2.45) is 7.05 Å². The molecule has 0 bridgehead atoms. The van der Waals surface area contributed by atoms with E-state index in [4.69, 9.17) is 4.74 Å². The molecule has 0 amide bonds. The molecule has 6 heteroatoms. The Morgan fingerprint density at radius 1 is 1.69 bits per heavy atom. The lowest BCUT2D eigenvalue weighted by atomic mass is 10.5. The summed E-state index contributed by atoms with van der Waals surface area (Å²) in [7, 11) is 1.61. The summed E-state index contributed by atoms with van der Waals surface area (Å²) in [6.07, 6.45) is 1.20. The van der Waals surface area contributed by atoms with Crippen LogP contribution in [0.2, 0.25) is 0 Å². The highest BCUT2D eigenvalue weighted by atomic mass is 16.6. The maximum atomic E-state index is 10.5. The molecule has 0 aliphatic rings. The van der Waals surface area contributed by atoms with E-state index in [1.807, 2.05) is 0 Å².